The Bertz CT molecular complexity index is 576. The van der Waals surface area contributed by atoms with E-state index in [1.165, 1.54) is 4.90 Å². The smallest absolute Gasteiger partial charge is 0.243 e. The van der Waals surface area contributed by atoms with Crippen molar-refractivity contribution < 1.29 is 4.79 Å². The molecule has 0 fully saturated rings. The summed E-state index contributed by atoms with van der Waals surface area (Å²) >= 11 is 0. The predicted molar refractivity (Wildman–Crippen MR) is 89.1 cm³/mol. The summed E-state index contributed by atoms with van der Waals surface area (Å²) in [6.07, 6.45) is 2.01. The minimum Gasteiger partial charge on any atom is -0.354 e. The van der Waals surface area contributed by atoms with Crippen LogP contribution in [0.1, 0.15) is 44.4 Å². The summed E-state index contributed by atoms with van der Waals surface area (Å²) in [5.74, 6) is 2.32. The van der Waals surface area contributed by atoms with Crippen molar-refractivity contribution in [3.63, 3.8) is 0 Å². The van der Waals surface area contributed by atoms with Gasteiger partial charge in [0.25, 0.3) is 0 Å². The average Bonchev–Trinajstić information content (AvgIpc) is 2.85. The highest BCUT2D eigenvalue weighted by Crippen LogP contribution is 2.22. The fourth-order valence-electron chi connectivity index (χ4n) is 2.46. The summed E-state index contributed by atoms with van der Waals surface area (Å²) in [6, 6.07) is 0.281. The lowest BCUT2D eigenvalue weighted by atomic mass is 10.1. The molecule has 0 spiro atoms. The normalized spacial score (nSPS) is 17.8. The minimum atomic E-state index is -0.0301. The molecule has 8 nitrogen and oxygen atoms in total. The van der Waals surface area contributed by atoms with Crippen molar-refractivity contribution in [2.75, 3.05) is 20.6 Å². The van der Waals surface area contributed by atoms with Crippen LogP contribution in [0.15, 0.2) is 4.99 Å². The van der Waals surface area contributed by atoms with Gasteiger partial charge in [-0.2, -0.15) is 5.10 Å². The largest absolute Gasteiger partial charge is 0.354 e. The second-order valence-electron chi connectivity index (χ2n) is 6.33. The van der Waals surface area contributed by atoms with Gasteiger partial charge in [0, 0.05) is 26.7 Å². The fourth-order valence-corrected chi connectivity index (χ4v) is 2.46. The number of likely N-dealkylation sites (N-methyl/N-ethyl adjacent to an activating group) is 1. The third-order valence-corrected chi connectivity index (χ3v) is 3.59. The second-order valence-corrected chi connectivity index (χ2v) is 6.33. The topological polar surface area (TPSA) is 87.4 Å². The van der Waals surface area contributed by atoms with Crippen molar-refractivity contribution in [2.24, 2.45) is 4.99 Å². The lowest BCUT2D eigenvalue weighted by Gasteiger charge is -2.26. The first-order chi connectivity index (χ1) is 10.9. The lowest BCUT2D eigenvalue weighted by molar-refractivity contribution is -0.127. The molecule has 128 valence electrons. The van der Waals surface area contributed by atoms with Gasteiger partial charge in [0.05, 0.1) is 6.04 Å². The number of guanidine groups is 1. The standard InChI is InChI=1S/C15H27N7O/c1-10(2)17-15(16-9-13(23)21(4)5)19-12-7-6-8-22-14(12)18-11(3)20-22/h10,12H,6-9H2,1-5H3,(H2,16,17,19). The first-order valence-electron chi connectivity index (χ1n) is 8.06. The third-order valence-electron chi connectivity index (χ3n) is 3.59. The molecule has 0 aliphatic carbocycles. The van der Waals surface area contributed by atoms with E-state index >= 15 is 0 Å². The zero-order chi connectivity index (χ0) is 17.0. The van der Waals surface area contributed by atoms with E-state index in [-0.39, 0.29) is 24.5 Å². The molecule has 1 aromatic heterocycles. The summed E-state index contributed by atoms with van der Waals surface area (Å²) in [5, 5.41) is 11.1. The second kappa shape index (κ2) is 7.43. The molecule has 2 N–H and O–H groups in total. The van der Waals surface area contributed by atoms with Gasteiger partial charge in [-0.3, -0.25) is 4.79 Å². The number of hydrogen-bond acceptors (Lipinski definition) is 4. The zero-order valence-electron chi connectivity index (χ0n) is 14.6. The summed E-state index contributed by atoms with van der Waals surface area (Å²) in [7, 11) is 3.46. The SMILES string of the molecule is Cc1nc2n(n1)CCCC2NC(=NCC(=O)N(C)C)NC(C)C. The highest BCUT2D eigenvalue weighted by Gasteiger charge is 2.24. The molecule has 2 heterocycles. The molecule has 23 heavy (non-hydrogen) atoms. The van der Waals surface area contributed by atoms with Gasteiger partial charge in [0.2, 0.25) is 5.91 Å². The van der Waals surface area contributed by atoms with Crippen LogP contribution >= 0.6 is 0 Å². The van der Waals surface area contributed by atoms with E-state index in [0.717, 1.165) is 31.0 Å². The molecular formula is C15H27N7O. The Labute approximate surface area is 137 Å². The Morgan fingerprint density at radius 2 is 2.22 bits per heavy atom. The van der Waals surface area contributed by atoms with E-state index in [1.54, 1.807) is 14.1 Å². The van der Waals surface area contributed by atoms with Crippen molar-refractivity contribution >= 4 is 11.9 Å². The third kappa shape index (κ3) is 4.67. The molecule has 1 aliphatic rings. The summed E-state index contributed by atoms with van der Waals surface area (Å²) in [5.41, 5.74) is 0. The molecule has 1 unspecified atom stereocenters. The zero-order valence-corrected chi connectivity index (χ0v) is 14.6. The number of aliphatic imine (C=N–C) groups is 1. The van der Waals surface area contributed by atoms with E-state index in [4.69, 9.17) is 0 Å². The molecule has 0 bridgehead atoms. The van der Waals surface area contributed by atoms with Gasteiger partial charge >= 0.3 is 0 Å². The van der Waals surface area contributed by atoms with Crippen molar-refractivity contribution in [3.05, 3.63) is 11.6 Å². The molecule has 1 aromatic rings. The highest BCUT2D eigenvalue weighted by atomic mass is 16.2. The fraction of sp³-hybridized carbons (Fsp3) is 0.733. The van der Waals surface area contributed by atoms with Gasteiger partial charge in [0.15, 0.2) is 5.96 Å². The lowest BCUT2D eigenvalue weighted by Crippen LogP contribution is -2.44. The number of hydrogen-bond donors (Lipinski definition) is 2. The number of nitrogens with one attached hydrogen (secondary N) is 2. The van der Waals surface area contributed by atoms with E-state index in [1.807, 2.05) is 25.5 Å². The number of amides is 1. The highest BCUT2D eigenvalue weighted by molar-refractivity contribution is 5.85. The maximum atomic E-state index is 11.8. The number of rotatable bonds is 4. The maximum Gasteiger partial charge on any atom is 0.243 e. The Morgan fingerprint density at radius 3 is 2.87 bits per heavy atom. The van der Waals surface area contributed by atoms with Crippen LogP contribution in [0, 0.1) is 6.92 Å². The van der Waals surface area contributed by atoms with E-state index in [0.29, 0.717) is 5.96 Å². The van der Waals surface area contributed by atoms with E-state index in [9.17, 15) is 4.79 Å². The monoisotopic (exact) mass is 321 g/mol. The molecule has 0 saturated heterocycles. The van der Waals surface area contributed by atoms with Crippen molar-refractivity contribution in [1.29, 1.82) is 0 Å². The molecular weight excluding hydrogens is 294 g/mol. The van der Waals surface area contributed by atoms with Gasteiger partial charge in [0.1, 0.15) is 18.2 Å². The number of carbonyl (C=O) groups is 1. The maximum absolute atomic E-state index is 11.8. The number of carbonyl (C=O) groups excluding carboxylic acids is 1. The summed E-state index contributed by atoms with van der Waals surface area (Å²) in [4.78, 5) is 22.2. The Hall–Kier alpha value is -2.12. The van der Waals surface area contributed by atoms with Gasteiger partial charge in [-0.15, -0.1) is 0 Å². The molecule has 8 heteroatoms. The van der Waals surface area contributed by atoms with Crippen LogP contribution in [0.5, 0.6) is 0 Å². The number of fused-ring (bicyclic) bond motifs is 1. The van der Waals surface area contributed by atoms with Gasteiger partial charge in [-0.1, -0.05) is 0 Å². The van der Waals surface area contributed by atoms with Crippen LogP contribution < -0.4 is 10.6 Å². The number of nitrogens with zero attached hydrogens (tertiary/aromatic N) is 5. The number of aryl methyl sites for hydroxylation is 2. The molecule has 0 saturated carbocycles. The van der Waals surface area contributed by atoms with Crippen LogP contribution in [-0.2, 0) is 11.3 Å². The van der Waals surface area contributed by atoms with Crippen molar-refractivity contribution in [1.82, 2.24) is 30.3 Å². The van der Waals surface area contributed by atoms with Crippen molar-refractivity contribution in [2.45, 2.75) is 52.2 Å². The van der Waals surface area contributed by atoms with Gasteiger partial charge in [-0.05, 0) is 33.6 Å². The minimum absolute atomic E-state index is 0.0301. The molecule has 2 rings (SSSR count). The molecule has 1 atom stereocenters. The summed E-state index contributed by atoms with van der Waals surface area (Å²) in [6.45, 7) is 7.00. The first-order valence-corrected chi connectivity index (χ1v) is 8.06. The van der Waals surface area contributed by atoms with Crippen LogP contribution in [-0.4, -0.2) is 58.2 Å². The van der Waals surface area contributed by atoms with E-state index < -0.39 is 0 Å². The van der Waals surface area contributed by atoms with E-state index in [2.05, 4.69) is 25.7 Å². The van der Waals surface area contributed by atoms with Crippen LogP contribution in [0.3, 0.4) is 0 Å². The van der Waals surface area contributed by atoms with Crippen LogP contribution in [0.4, 0.5) is 0 Å². The average molecular weight is 321 g/mol. The Kier molecular flexibility index (Phi) is 5.57. The Balaban J connectivity index is 2.12. The molecule has 1 aliphatic heterocycles. The molecule has 1 amide bonds. The molecule has 0 aromatic carbocycles. The van der Waals surface area contributed by atoms with Gasteiger partial charge in [-0.25, -0.2) is 14.7 Å². The van der Waals surface area contributed by atoms with Gasteiger partial charge < -0.3 is 15.5 Å². The van der Waals surface area contributed by atoms with Crippen LogP contribution in [0.2, 0.25) is 0 Å². The summed E-state index contributed by atoms with van der Waals surface area (Å²) < 4.78 is 1.95. The molecule has 0 radical (unpaired) electrons. The first kappa shape index (κ1) is 17.2. The number of aromatic nitrogens is 3. The van der Waals surface area contributed by atoms with Crippen molar-refractivity contribution in [3.8, 4) is 0 Å². The van der Waals surface area contributed by atoms with Crippen LogP contribution in [0.25, 0.3) is 0 Å². The quantitative estimate of drug-likeness (QED) is 0.621. The Morgan fingerprint density at radius 1 is 1.48 bits per heavy atom. The predicted octanol–water partition coefficient (Wildman–Crippen LogP) is 0.453.